The van der Waals surface area contributed by atoms with Gasteiger partial charge in [0.15, 0.2) is 0 Å². The molecule has 0 aromatic heterocycles. The number of carboxylic acids is 1. The van der Waals surface area contributed by atoms with Crippen molar-refractivity contribution in [3.05, 3.63) is 59.7 Å². The highest BCUT2D eigenvalue weighted by atomic mass is 16.5. The summed E-state index contributed by atoms with van der Waals surface area (Å²) in [6.07, 6.45) is 13.3. The van der Waals surface area contributed by atoms with Crippen molar-refractivity contribution in [1.82, 2.24) is 10.6 Å². The number of hydrogen-bond donors (Lipinski definition) is 3. The Labute approximate surface area is 189 Å². The topological polar surface area (TPSA) is 100 Å². The van der Waals surface area contributed by atoms with E-state index in [0.717, 1.165) is 62.9 Å². The maximum absolute atomic E-state index is 11.9. The van der Waals surface area contributed by atoms with Crippen molar-refractivity contribution in [3.63, 3.8) is 0 Å². The molecule has 7 heteroatoms. The molecular formula is C25H33N3O4. The Kier molecular flexibility index (Phi) is 9.35. The fraction of sp³-hybridized carbons (Fsp3) is 0.480. The summed E-state index contributed by atoms with van der Waals surface area (Å²) in [4.78, 5) is 28.2. The van der Waals surface area contributed by atoms with Crippen LogP contribution < -0.4 is 10.6 Å². The Hall–Kier alpha value is -3.09. The largest absolute Gasteiger partial charge is 0.480 e. The summed E-state index contributed by atoms with van der Waals surface area (Å²) in [5.74, 6) is -0.00661. The van der Waals surface area contributed by atoms with Gasteiger partial charge in [-0.15, -0.1) is 0 Å². The summed E-state index contributed by atoms with van der Waals surface area (Å²) in [5.41, 5.74) is 2.06. The molecule has 0 saturated heterocycles. The summed E-state index contributed by atoms with van der Waals surface area (Å²) in [5, 5.41) is 15.2. The molecule has 2 aliphatic rings. The first kappa shape index (κ1) is 23.6. The zero-order valence-corrected chi connectivity index (χ0v) is 18.5. The van der Waals surface area contributed by atoms with E-state index in [4.69, 9.17) is 9.73 Å². The fourth-order valence-electron chi connectivity index (χ4n) is 3.87. The summed E-state index contributed by atoms with van der Waals surface area (Å²) < 4.78 is 5.12. The lowest BCUT2D eigenvalue weighted by Crippen LogP contribution is -2.40. The summed E-state index contributed by atoms with van der Waals surface area (Å²) in [6, 6.07) is 8.62. The van der Waals surface area contributed by atoms with Crippen LogP contribution in [-0.4, -0.2) is 41.6 Å². The monoisotopic (exact) mass is 439 g/mol. The highest BCUT2D eigenvalue weighted by molar-refractivity contribution is 6.02. The highest BCUT2D eigenvalue weighted by Crippen LogP contribution is 2.18. The van der Waals surface area contributed by atoms with Crippen LogP contribution in [0.1, 0.15) is 56.9 Å². The number of nitrogens with zero attached hydrogens (tertiary/aromatic N) is 1. The molecule has 1 aromatic carbocycles. The van der Waals surface area contributed by atoms with Crippen LogP contribution in [-0.2, 0) is 16.1 Å². The minimum atomic E-state index is -1.03. The van der Waals surface area contributed by atoms with Gasteiger partial charge < -0.3 is 20.5 Å². The zero-order valence-electron chi connectivity index (χ0n) is 18.5. The number of amidine groups is 1. The third-order valence-electron chi connectivity index (χ3n) is 5.66. The first-order valence-corrected chi connectivity index (χ1v) is 11.5. The van der Waals surface area contributed by atoms with Crippen LogP contribution >= 0.6 is 0 Å². The van der Waals surface area contributed by atoms with Gasteiger partial charge in [0.25, 0.3) is 0 Å². The Balaban J connectivity index is 1.26. The Bertz CT molecular complexity index is 848. The number of hydrogen-bond acceptors (Lipinski definition) is 5. The van der Waals surface area contributed by atoms with E-state index >= 15 is 0 Å². The molecule has 0 bridgehead atoms. The first-order chi connectivity index (χ1) is 15.6. The van der Waals surface area contributed by atoms with Gasteiger partial charge in [0.05, 0.1) is 6.04 Å². The number of unbranched alkanes of at least 4 members (excludes halogenated alkanes) is 4. The first-order valence-electron chi connectivity index (χ1n) is 11.5. The minimum Gasteiger partial charge on any atom is -0.480 e. The Morgan fingerprint density at radius 2 is 1.94 bits per heavy atom. The smallest absolute Gasteiger partial charge is 0.408 e. The number of alkyl carbamates (subject to hydrolysis) is 1. The van der Waals surface area contributed by atoms with E-state index in [2.05, 4.69) is 28.9 Å². The number of carbonyl (C=O) groups is 2. The van der Waals surface area contributed by atoms with Crippen molar-refractivity contribution in [1.29, 1.82) is 0 Å². The van der Waals surface area contributed by atoms with Crippen molar-refractivity contribution in [3.8, 4) is 0 Å². The number of aliphatic imine (C=N–C) groups is 1. The summed E-state index contributed by atoms with van der Waals surface area (Å²) >= 11 is 0. The highest BCUT2D eigenvalue weighted by Gasteiger charge is 2.20. The van der Waals surface area contributed by atoms with Gasteiger partial charge in [0.2, 0.25) is 0 Å². The Morgan fingerprint density at radius 1 is 1.16 bits per heavy atom. The van der Waals surface area contributed by atoms with Gasteiger partial charge in [0.1, 0.15) is 18.5 Å². The second kappa shape index (κ2) is 12.7. The number of aliphatic carboxylic acids is 1. The number of rotatable bonds is 12. The van der Waals surface area contributed by atoms with Crippen molar-refractivity contribution in [2.24, 2.45) is 4.99 Å². The molecule has 0 aliphatic carbocycles. The molecule has 1 amide bonds. The van der Waals surface area contributed by atoms with Gasteiger partial charge in [-0.1, -0.05) is 80.7 Å². The number of carbonyl (C=O) groups excluding carboxylic acids is 1. The van der Waals surface area contributed by atoms with Crippen molar-refractivity contribution >= 4 is 17.9 Å². The molecule has 0 radical (unpaired) electrons. The second-order valence-corrected chi connectivity index (χ2v) is 8.22. The number of carboxylic acid groups (broad SMARTS) is 1. The van der Waals surface area contributed by atoms with Crippen molar-refractivity contribution < 1.29 is 19.4 Å². The predicted octanol–water partition coefficient (Wildman–Crippen LogP) is 4.35. The minimum absolute atomic E-state index is 0.119. The lowest BCUT2D eigenvalue weighted by molar-refractivity contribution is -0.139. The van der Waals surface area contributed by atoms with Gasteiger partial charge >= 0.3 is 12.1 Å². The number of nitrogens with one attached hydrogen (secondary N) is 2. The van der Waals surface area contributed by atoms with Gasteiger partial charge in [-0.2, -0.15) is 0 Å². The van der Waals surface area contributed by atoms with Gasteiger partial charge in [-0.3, -0.25) is 4.99 Å². The van der Waals surface area contributed by atoms with Crippen LogP contribution in [0.25, 0.3) is 0 Å². The Morgan fingerprint density at radius 3 is 2.75 bits per heavy atom. The van der Waals surface area contributed by atoms with Crippen LogP contribution in [0, 0.1) is 0 Å². The van der Waals surface area contributed by atoms with E-state index in [0.29, 0.717) is 6.42 Å². The molecule has 7 nitrogen and oxygen atoms in total. The van der Waals surface area contributed by atoms with Crippen LogP contribution in [0.5, 0.6) is 0 Å². The van der Waals surface area contributed by atoms with E-state index in [1.165, 1.54) is 5.57 Å². The number of benzene rings is 1. The third kappa shape index (κ3) is 7.87. The molecule has 3 rings (SSSR count). The average molecular weight is 440 g/mol. The zero-order chi connectivity index (χ0) is 22.6. The molecule has 172 valence electrons. The van der Waals surface area contributed by atoms with E-state index in [-0.39, 0.29) is 12.6 Å². The molecule has 0 fully saturated rings. The normalized spacial score (nSPS) is 17.9. The van der Waals surface area contributed by atoms with Gasteiger partial charge in [-0.05, 0) is 24.8 Å². The van der Waals surface area contributed by atoms with Crippen LogP contribution in [0.2, 0.25) is 0 Å². The predicted molar refractivity (Wildman–Crippen MR) is 125 cm³/mol. The molecule has 2 aliphatic heterocycles. The molecule has 1 aromatic rings. The molecule has 2 atom stereocenters. The van der Waals surface area contributed by atoms with Gasteiger partial charge in [0, 0.05) is 12.1 Å². The van der Waals surface area contributed by atoms with Crippen LogP contribution in [0.15, 0.2) is 59.1 Å². The van der Waals surface area contributed by atoms with E-state index in [1.54, 1.807) is 0 Å². The maximum Gasteiger partial charge on any atom is 0.408 e. The molecule has 3 N–H and O–H groups in total. The molecule has 2 unspecified atom stereocenters. The number of dihydropyridines is 1. The number of amides is 1. The number of fused-ring (bicyclic) bond motifs is 1. The summed E-state index contributed by atoms with van der Waals surface area (Å²) in [7, 11) is 0. The van der Waals surface area contributed by atoms with E-state index in [1.807, 2.05) is 30.3 Å². The fourth-order valence-corrected chi connectivity index (χ4v) is 3.87. The van der Waals surface area contributed by atoms with Crippen LogP contribution in [0.4, 0.5) is 4.79 Å². The van der Waals surface area contributed by atoms with Gasteiger partial charge in [-0.25, -0.2) is 9.59 Å². The van der Waals surface area contributed by atoms with Crippen LogP contribution in [0.3, 0.4) is 0 Å². The van der Waals surface area contributed by atoms with E-state index < -0.39 is 18.1 Å². The number of ether oxygens (including phenoxy) is 1. The average Bonchev–Trinajstić information content (AvgIpc) is 2.81. The lowest BCUT2D eigenvalue weighted by Gasteiger charge is -2.22. The standard InChI is InChI=1S/C25H33N3O4/c29-24(30)22(28-25(31)32-18-19-10-5-4-6-11-19)14-8-3-1-2-7-13-21-16-15-20-12-9-17-26-23(20)27-21/h4-6,10-12,15-16,21-22H,1-3,7-9,13-14,17-18H2,(H,26,27)(H,28,31)(H,29,30). The third-order valence-corrected chi connectivity index (χ3v) is 5.66. The SMILES string of the molecule is O=C(NC(CCCCCCCC1C=CC2=CCCNC2=N1)C(=O)O)OCc1ccccc1. The van der Waals surface area contributed by atoms with Crippen molar-refractivity contribution in [2.75, 3.05) is 6.54 Å². The second-order valence-electron chi connectivity index (χ2n) is 8.22. The van der Waals surface area contributed by atoms with Crippen molar-refractivity contribution in [2.45, 2.75) is 70.1 Å². The molecule has 0 saturated carbocycles. The quantitative estimate of drug-likeness (QED) is 0.420. The molecule has 0 spiro atoms. The molecule has 32 heavy (non-hydrogen) atoms. The molecule has 2 heterocycles. The summed E-state index contributed by atoms with van der Waals surface area (Å²) in [6.45, 7) is 1.08. The maximum atomic E-state index is 11.9. The molecular weight excluding hydrogens is 406 g/mol. The lowest BCUT2D eigenvalue weighted by atomic mass is 10.0. The van der Waals surface area contributed by atoms with E-state index in [9.17, 15) is 14.7 Å².